The minimum absolute atomic E-state index is 0.151. The highest BCUT2D eigenvalue weighted by Crippen LogP contribution is 2.24. The van der Waals surface area contributed by atoms with Gasteiger partial charge in [-0.25, -0.2) is 0 Å². The Balaban J connectivity index is 1.77. The minimum atomic E-state index is -0.414. The topological polar surface area (TPSA) is 51.1 Å². The van der Waals surface area contributed by atoms with Gasteiger partial charge in [0.25, 0.3) is 5.91 Å². The molecule has 2 heterocycles. The van der Waals surface area contributed by atoms with Crippen LogP contribution < -0.4 is 10.7 Å². The number of aromatic nitrogens is 1. The molecule has 4 rings (SSSR count). The normalized spacial score (nSPS) is 12.6. The Labute approximate surface area is 143 Å². The molecule has 0 radical (unpaired) electrons. The lowest BCUT2D eigenvalue weighted by molar-refractivity contribution is 0.102. The van der Waals surface area contributed by atoms with Crippen molar-refractivity contribution in [3.8, 4) is 0 Å². The Morgan fingerprint density at radius 1 is 1.25 bits per heavy atom. The molecule has 24 heavy (non-hydrogen) atoms. The van der Waals surface area contributed by atoms with Gasteiger partial charge in [0, 0.05) is 28.8 Å². The SMILES string of the molecule is Cc1ccc(NC(=O)c2cn3c4c(cccc4c2=O)CC3)cc1Cl. The van der Waals surface area contributed by atoms with Crippen molar-refractivity contribution in [3.63, 3.8) is 0 Å². The third-order valence-corrected chi connectivity index (χ3v) is 4.88. The molecule has 1 aliphatic heterocycles. The number of aryl methyl sites for hydroxylation is 3. The number of carbonyl (C=O) groups excluding carboxylic acids is 1. The number of rotatable bonds is 2. The van der Waals surface area contributed by atoms with Gasteiger partial charge in [0.1, 0.15) is 5.56 Å². The molecule has 0 spiro atoms. The predicted molar refractivity (Wildman–Crippen MR) is 96.1 cm³/mol. The van der Waals surface area contributed by atoms with Gasteiger partial charge < -0.3 is 9.88 Å². The van der Waals surface area contributed by atoms with Gasteiger partial charge in [0.05, 0.1) is 5.52 Å². The minimum Gasteiger partial charge on any atom is -0.346 e. The van der Waals surface area contributed by atoms with Crippen LogP contribution in [-0.2, 0) is 13.0 Å². The second-order valence-electron chi connectivity index (χ2n) is 6.05. The molecule has 4 nitrogen and oxygen atoms in total. The van der Waals surface area contributed by atoms with Gasteiger partial charge in [-0.3, -0.25) is 9.59 Å². The Morgan fingerprint density at radius 2 is 2.08 bits per heavy atom. The maximum Gasteiger partial charge on any atom is 0.261 e. The third kappa shape index (κ3) is 2.31. The molecule has 1 N–H and O–H groups in total. The van der Waals surface area contributed by atoms with E-state index >= 15 is 0 Å². The van der Waals surface area contributed by atoms with Crippen molar-refractivity contribution in [1.82, 2.24) is 4.57 Å². The number of anilines is 1. The lowest BCUT2D eigenvalue weighted by Crippen LogP contribution is -2.23. The van der Waals surface area contributed by atoms with E-state index in [2.05, 4.69) is 5.32 Å². The molecule has 3 aromatic rings. The van der Waals surface area contributed by atoms with Crippen molar-refractivity contribution in [2.24, 2.45) is 0 Å². The highest BCUT2D eigenvalue weighted by atomic mass is 35.5. The monoisotopic (exact) mass is 338 g/mol. The zero-order valence-electron chi connectivity index (χ0n) is 13.1. The van der Waals surface area contributed by atoms with Gasteiger partial charge in [-0.2, -0.15) is 0 Å². The van der Waals surface area contributed by atoms with Gasteiger partial charge in [0.15, 0.2) is 0 Å². The van der Waals surface area contributed by atoms with Crippen LogP contribution in [0.2, 0.25) is 5.02 Å². The van der Waals surface area contributed by atoms with Crippen LogP contribution >= 0.6 is 11.6 Å². The fraction of sp³-hybridized carbons (Fsp3) is 0.158. The van der Waals surface area contributed by atoms with E-state index in [1.165, 1.54) is 0 Å². The number of hydrogen-bond acceptors (Lipinski definition) is 2. The summed E-state index contributed by atoms with van der Waals surface area (Å²) < 4.78 is 1.99. The molecule has 0 aliphatic carbocycles. The average Bonchev–Trinajstić information content (AvgIpc) is 2.98. The van der Waals surface area contributed by atoms with Crippen molar-refractivity contribution in [3.05, 3.63) is 74.5 Å². The second kappa shape index (κ2) is 5.49. The first kappa shape index (κ1) is 15.0. The van der Waals surface area contributed by atoms with Crippen LogP contribution in [0, 0.1) is 6.92 Å². The summed E-state index contributed by atoms with van der Waals surface area (Å²) in [5.74, 6) is -0.414. The van der Waals surface area contributed by atoms with E-state index < -0.39 is 5.91 Å². The maximum atomic E-state index is 12.7. The van der Waals surface area contributed by atoms with Crippen LogP contribution in [0.25, 0.3) is 10.9 Å². The molecular formula is C19H15ClN2O2. The van der Waals surface area contributed by atoms with Gasteiger partial charge in [-0.05, 0) is 42.7 Å². The number of carbonyl (C=O) groups is 1. The molecule has 120 valence electrons. The van der Waals surface area contributed by atoms with Crippen molar-refractivity contribution in [1.29, 1.82) is 0 Å². The van der Waals surface area contributed by atoms with Crippen LogP contribution in [0.4, 0.5) is 5.69 Å². The molecule has 1 aliphatic rings. The number of hydrogen-bond donors (Lipinski definition) is 1. The summed E-state index contributed by atoms with van der Waals surface area (Å²) in [5.41, 5.74) is 3.52. The first-order chi connectivity index (χ1) is 11.5. The molecule has 0 atom stereocenters. The Kier molecular flexibility index (Phi) is 3.43. The van der Waals surface area contributed by atoms with Crippen LogP contribution in [0.1, 0.15) is 21.5 Å². The summed E-state index contributed by atoms with van der Waals surface area (Å²) in [4.78, 5) is 25.3. The van der Waals surface area contributed by atoms with Crippen molar-refractivity contribution in [2.75, 3.05) is 5.32 Å². The smallest absolute Gasteiger partial charge is 0.261 e. The van der Waals surface area contributed by atoms with Gasteiger partial charge in [-0.15, -0.1) is 0 Å². The number of halogens is 1. The highest BCUT2D eigenvalue weighted by Gasteiger charge is 2.20. The molecule has 1 aromatic heterocycles. The van der Waals surface area contributed by atoms with E-state index in [4.69, 9.17) is 11.6 Å². The van der Waals surface area contributed by atoms with Crippen LogP contribution in [-0.4, -0.2) is 10.5 Å². The number of pyridine rings is 1. The average molecular weight is 339 g/mol. The first-order valence-electron chi connectivity index (χ1n) is 7.77. The Hall–Kier alpha value is -2.59. The summed E-state index contributed by atoms with van der Waals surface area (Å²) in [6.45, 7) is 2.68. The van der Waals surface area contributed by atoms with E-state index in [1.807, 2.05) is 29.7 Å². The Bertz CT molecular complexity index is 1050. The summed E-state index contributed by atoms with van der Waals surface area (Å²) >= 11 is 6.09. The van der Waals surface area contributed by atoms with Crippen LogP contribution in [0.3, 0.4) is 0 Å². The molecule has 2 aromatic carbocycles. The number of amides is 1. The van der Waals surface area contributed by atoms with Crippen molar-refractivity contribution in [2.45, 2.75) is 19.9 Å². The van der Waals surface area contributed by atoms with Crippen LogP contribution in [0.5, 0.6) is 0 Å². The molecule has 5 heteroatoms. The van der Waals surface area contributed by atoms with Gasteiger partial charge in [-0.1, -0.05) is 29.8 Å². The number of para-hydroxylation sites is 1. The van der Waals surface area contributed by atoms with Crippen LogP contribution in [0.15, 0.2) is 47.4 Å². The summed E-state index contributed by atoms with van der Waals surface area (Å²) in [6.07, 6.45) is 2.54. The lowest BCUT2D eigenvalue weighted by atomic mass is 10.1. The van der Waals surface area contributed by atoms with Gasteiger partial charge in [0.2, 0.25) is 5.43 Å². The van der Waals surface area contributed by atoms with E-state index in [1.54, 1.807) is 24.4 Å². The molecule has 1 amide bonds. The standard InChI is InChI=1S/C19H15ClN2O2/c1-11-5-6-13(9-16(11)20)21-19(24)15-10-22-8-7-12-3-2-4-14(17(12)22)18(15)23/h2-6,9-10H,7-8H2,1H3,(H,21,24). The molecule has 0 saturated carbocycles. The summed E-state index contributed by atoms with van der Waals surface area (Å²) in [7, 11) is 0. The molecule has 0 unspecified atom stereocenters. The van der Waals surface area contributed by atoms with E-state index in [0.717, 1.165) is 29.6 Å². The Morgan fingerprint density at radius 3 is 2.88 bits per heavy atom. The molecular weight excluding hydrogens is 324 g/mol. The number of benzene rings is 2. The summed E-state index contributed by atoms with van der Waals surface area (Å²) in [5, 5.41) is 3.94. The number of nitrogens with one attached hydrogen (secondary N) is 1. The highest BCUT2D eigenvalue weighted by molar-refractivity contribution is 6.31. The lowest BCUT2D eigenvalue weighted by Gasteiger charge is -2.10. The third-order valence-electron chi connectivity index (χ3n) is 4.48. The fourth-order valence-electron chi connectivity index (χ4n) is 3.19. The zero-order valence-corrected chi connectivity index (χ0v) is 13.9. The molecule has 0 saturated heterocycles. The number of nitrogens with zero attached hydrogens (tertiary/aromatic N) is 1. The zero-order chi connectivity index (χ0) is 16.8. The fourth-order valence-corrected chi connectivity index (χ4v) is 3.37. The van der Waals surface area contributed by atoms with Crippen molar-refractivity contribution < 1.29 is 4.79 Å². The summed E-state index contributed by atoms with van der Waals surface area (Å²) in [6, 6.07) is 11.0. The quantitative estimate of drug-likeness (QED) is 0.773. The molecule has 0 fully saturated rings. The van der Waals surface area contributed by atoms with E-state index in [-0.39, 0.29) is 11.0 Å². The molecule has 0 bridgehead atoms. The van der Waals surface area contributed by atoms with E-state index in [9.17, 15) is 9.59 Å². The van der Waals surface area contributed by atoms with Crippen molar-refractivity contribution >= 4 is 34.1 Å². The second-order valence-corrected chi connectivity index (χ2v) is 6.45. The maximum absolute atomic E-state index is 12.7. The van der Waals surface area contributed by atoms with E-state index in [0.29, 0.717) is 16.1 Å². The van der Waals surface area contributed by atoms with Gasteiger partial charge >= 0.3 is 0 Å². The predicted octanol–water partition coefficient (Wildman–Crippen LogP) is 3.77. The largest absolute Gasteiger partial charge is 0.346 e. The first-order valence-corrected chi connectivity index (χ1v) is 8.15.